The van der Waals surface area contributed by atoms with Crippen molar-refractivity contribution >= 4 is 38.4 Å². The minimum atomic E-state index is -0.227. The highest BCUT2D eigenvalue weighted by Crippen LogP contribution is 2.25. The van der Waals surface area contributed by atoms with Gasteiger partial charge in [-0.25, -0.2) is 0 Å². The summed E-state index contributed by atoms with van der Waals surface area (Å²) in [5.41, 5.74) is 2.67. The molecule has 1 aromatic heterocycles. The van der Waals surface area contributed by atoms with Crippen LogP contribution in [0.3, 0.4) is 0 Å². The third kappa shape index (κ3) is 3.87. The standard InChI is InChI=1S/C18H15BrN2O2/c1-12-6-7-17(15(19)8-12)23-11-18(22)21-14-9-13-4-2-3-5-16(13)20-10-14/h2-10H,11H2,1H3,(H,21,22). The number of nitrogens with one attached hydrogen (secondary N) is 1. The van der Waals surface area contributed by atoms with Gasteiger partial charge < -0.3 is 10.1 Å². The Labute approximate surface area is 142 Å². The number of carbonyl (C=O) groups excluding carboxylic acids is 1. The monoisotopic (exact) mass is 370 g/mol. The molecule has 5 heteroatoms. The van der Waals surface area contributed by atoms with E-state index < -0.39 is 0 Å². The molecular formula is C18H15BrN2O2. The van der Waals surface area contributed by atoms with E-state index in [1.807, 2.05) is 55.5 Å². The van der Waals surface area contributed by atoms with Gasteiger partial charge in [-0.2, -0.15) is 0 Å². The first-order valence-electron chi connectivity index (χ1n) is 7.15. The Hall–Kier alpha value is -2.40. The van der Waals surface area contributed by atoms with Crippen molar-refractivity contribution in [1.82, 2.24) is 4.98 Å². The number of amides is 1. The number of fused-ring (bicyclic) bond motifs is 1. The normalized spacial score (nSPS) is 10.5. The maximum Gasteiger partial charge on any atom is 0.262 e. The van der Waals surface area contributed by atoms with E-state index in [0.717, 1.165) is 20.9 Å². The van der Waals surface area contributed by atoms with Crippen molar-refractivity contribution in [1.29, 1.82) is 0 Å². The first-order valence-corrected chi connectivity index (χ1v) is 7.95. The van der Waals surface area contributed by atoms with Crippen LogP contribution in [0.2, 0.25) is 0 Å². The minimum Gasteiger partial charge on any atom is -0.483 e. The molecule has 0 aliphatic rings. The van der Waals surface area contributed by atoms with Gasteiger partial charge in [-0.1, -0.05) is 24.3 Å². The van der Waals surface area contributed by atoms with Crippen LogP contribution in [-0.4, -0.2) is 17.5 Å². The number of pyridine rings is 1. The van der Waals surface area contributed by atoms with Crippen LogP contribution in [-0.2, 0) is 4.79 Å². The SMILES string of the molecule is Cc1ccc(OCC(=O)Nc2cnc3ccccc3c2)c(Br)c1. The second-order valence-corrected chi connectivity index (χ2v) is 6.04. The van der Waals surface area contributed by atoms with E-state index in [2.05, 4.69) is 26.2 Å². The number of aromatic nitrogens is 1. The molecule has 0 unspecified atom stereocenters. The zero-order valence-corrected chi connectivity index (χ0v) is 14.1. The highest BCUT2D eigenvalue weighted by Gasteiger charge is 2.07. The van der Waals surface area contributed by atoms with Crippen LogP contribution >= 0.6 is 15.9 Å². The lowest BCUT2D eigenvalue weighted by molar-refractivity contribution is -0.118. The molecule has 116 valence electrons. The molecule has 0 radical (unpaired) electrons. The van der Waals surface area contributed by atoms with Gasteiger partial charge in [0.1, 0.15) is 5.75 Å². The molecule has 0 fully saturated rings. The maximum atomic E-state index is 12.0. The predicted octanol–water partition coefficient (Wildman–Crippen LogP) is 4.32. The number of carbonyl (C=O) groups is 1. The van der Waals surface area contributed by atoms with Crippen LogP contribution in [0.5, 0.6) is 5.75 Å². The van der Waals surface area contributed by atoms with Crippen LogP contribution in [0.15, 0.2) is 59.2 Å². The van der Waals surface area contributed by atoms with Gasteiger partial charge in [-0.15, -0.1) is 0 Å². The zero-order valence-electron chi connectivity index (χ0n) is 12.5. The molecule has 3 aromatic rings. The predicted molar refractivity (Wildman–Crippen MR) is 94.7 cm³/mol. The van der Waals surface area contributed by atoms with Crippen LogP contribution in [0.1, 0.15) is 5.56 Å². The van der Waals surface area contributed by atoms with Gasteiger partial charge in [0, 0.05) is 5.39 Å². The maximum absolute atomic E-state index is 12.0. The average Bonchev–Trinajstić information content (AvgIpc) is 2.54. The number of aryl methyl sites for hydroxylation is 1. The molecule has 23 heavy (non-hydrogen) atoms. The number of ether oxygens (including phenoxy) is 1. The lowest BCUT2D eigenvalue weighted by Gasteiger charge is -2.09. The van der Waals surface area contributed by atoms with E-state index in [-0.39, 0.29) is 12.5 Å². The van der Waals surface area contributed by atoms with Crippen molar-refractivity contribution in [3.63, 3.8) is 0 Å². The number of anilines is 1. The largest absolute Gasteiger partial charge is 0.483 e. The Kier molecular flexibility index (Phi) is 4.57. The van der Waals surface area contributed by atoms with Crippen molar-refractivity contribution in [3.05, 3.63) is 64.8 Å². The van der Waals surface area contributed by atoms with Gasteiger partial charge in [0.15, 0.2) is 6.61 Å². The van der Waals surface area contributed by atoms with Crippen molar-refractivity contribution in [2.24, 2.45) is 0 Å². The molecule has 0 saturated carbocycles. The van der Waals surface area contributed by atoms with Crippen molar-refractivity contribution in [2.45, 2.75) is 6.92 Å². The Morgan fingerprint density at radius 2 is 2.04 bits per heavy atom. The topological polar surface area (TPSA) is 51.2 Å². The number of hydrogen-bond acceptors (Lipinski definition) is 3. The lowest BCUT2D eigenvalue weighted by atomic mass is 10.2. The smallest absolute Gasteiger partial charge is 0.262 e. The van der Waals surface area contributed by atoms with Gasteiger partial charge in [0.05, 0.1) is 21.9 Å². The fourth-order valence-corrected chi connectivity index (χ4v) is 2.81. The Morgan fingerprint density at radius 1 is 1.22 bits per heavy atom. The first-order chi connectivity index (χ1) is 11.1. The summed E-state index contributed by atoms with van der Waals surface area (Å²) < 4.78 is 6.37. The molecule has 0 spiro atoms. The second-order valence-electron chi connectivity index (χ2n) is 5.19. The van der Waals surface area contributed by atoms with Crippen molar-refractivity contribution in [3.8, 4) is 5.75 Å². The molecule has 3 rings (SSSR count). The number of nitrogens with zero attached hydrogens (tertiary/aromatic N) is 1. The third-order valence-electron chi connectivity index (χ3n) is 3.32. The van der Waals surface area contributed by atoms with E-state index in [1.54, 1.807) is 6.20 Å². The van der Waals surface area contributed by atoms with Crippen LogP contribution in [0, 0.1) is 6.92 Å². The molecular weight excluding hydrogens is 356 g/mol. The Balaban J connectivity index is 1.64. The summed E-state index contributed by atoms with van der Waals surface area (Å²) in [5, 5.41) is 3.77. The van der Waals surface area contributed by atoms with Gasteiger partial charge >= 0.3 is 0 Å². The van der Waals surface area contributed by atoms with Gasteiger partial charge in [0.25, 0.3) is 5.91 Å². The molecule has 1 N–H and O–H groups in total. The van der Waals surface area contributed by atoms with E-state index in [9.17, 15) is 4.79 Å². The number of para-hydroxylation sites is 1. The van der Waals surface area contributed by atoms with Crippen LogP contribution < -0.4 is 10.1 Å². The molecule has 0 saturated heterocycles. The molecule has 0 atom stereocenters. The fraction of sp³-hybridized carbons (Fsp3) is 0.111. The molecule has 1 amide bonds. The number of halogens is 1. The van der Waals surface area contributed by atoms with Gasteiger partial charge in [0.2, 0.25) is 0 Å². The van der Waals surface area contributed by atoms with E-state index in [1.165, 1.54) is 0 Å². The summed E-state index contributed by atoms with van der Waals surface area (Å²) in [5.74, 6) is 0.414. The number of rotatable bonds is 4. The Bertz CT molecular complexity index is 865. The number of benzene rings is 2. The van der Waals surface area contributed by atoms with Crippen LogP contribution in [0.4, 0.5) is 5.69 Å². The molecule has 0 aliphatic carbocycles. The second kappa shape index (κ2) is 6.79. The number of hydrogen-bond donors (Lipinski definition) is 1. The fourth-order valence-electron chi connectivity index (χ4n) is 2.20. The molecule has 2 aromatic carbocycles. The van der Waals surface area contributed by atoms with Crippen molar-refractivity contribution in [2.75, 3.05) is 11.9 Å². The van der Waals surface area contributed by atoms with Gasteiger partial charge in [-0.05, 0) is 52.7 Å². The third-order valence-corrected chi connectivity index (χ3v) is 3.94. The molecule has 4 nitrogen and oxygen atoms in total. The molecule has 0 bridgehead atoms. The minimum absolute atomic E-state index is 0.0610. The first kappa shape index (κ1) is 15.5. The highest BCUT2D eigenvalue weighted by molar-refractivity contribution is 9.10. The van der Waals surface area contributed by atoms with E-state index in [4.69, 9.17) is 4.74 Å². The quantitative estimate of drug-likeness (QED) is 0.743. The van der Waals surface area contributed by atoms with Gasteiger partial charge in [-0.3, -0.25) is 9.78 Å². The summed E-state index contributed by atoms with van der Waals surface area (Å²) in [4.78, 5) is 16.3. The average molecular weight is 371 g/mol. The summed E-state index contributed by atoms with van der Waals surface area (Å²) in [6.07, 6.45) is 1.64. The van der Waals surface area contributed by atoms with Crippen LogP contribution in [0.25, 0.3) is 10.9 Å². The summed E-state index contributed by atoms with van der Waals surface area (Å²) >= 11 is 3.42. The van der Waals surface area contributed by atoms with E-state index >= 15 is 0 Å². The van der Waals surface area contributed by atoms with E-state index in [0.29, 0.717) is 11.4 Å². The van der Waals surface area contributed by atoms with Crippen molar-refractivity contribution < 1.29 is 9.53 Å². The molecule has 0 aliphatic heterocycles. The molecule has 1 heterocycles. The zero-order chi connectivity index (χ0) is 16.2. The highest BCUT2D eigenvalue weighted by atomic mass is 79.9. The Morgan fingerprint density at radius 3 is 2.87 bits per heavy atom. The lowest BCUT2D eigenvalue weighted by Crippen LogP contribution is -2.20. The summed E-state index contributed by atoms with van der Waals surface area (Å²) in [6, 6.07) is 15.4. The summed E-state index contributed by atoms with van der Waals surface area (Å²) in [7, 11) is 0. The summed E-state index contributed by atoms with van der Waals surface area (Å²) in [6.45, 7) is 1.93.